The SMILES string of the molecule is CC1OCCN1C(=O)Cc1cccc(F)c1. The van der Waals surface area contributed by atoms with Gasteiger partial charge in [-0.1, -0.05) is 12.1 Å². The van der Waals surface area contributed by atoms with Gasteiger partial charge in [0, 0.05) is 6.54 Å². The highest BCUT2D eigenvalue weighted by Crippen LogP contribution is 2.12. The van der Waals surface area contributed by atoms with Gasteiger partial charge in [-0.3, -0.25) is 4.79 Å². The molecular weight excluding hydrogens is 209 g/mol. The average molecular weight is 223 g/mol. The summed E-state index contributed by atoms with van der Waals surface area (Å²) in [4.78, 5) is 13.5. The Labute approximate surface area is 93.8 Å². The first-order chi connectivity index (χ1) is 7.66. The summed E-state index contributed by atoms with van der Waals surface area (Å²) in [5, 5.41) is 0. The summed E-state index contributed by atoms with van der Waals surface area (Å²) in [6.45, 7) is 3.04. The zero-order valence-electron chi connectivity index (χ0n) is 9.15. The predicted octanol–water partition coefficient (Wildman–Crippen LogP) is 1.57. The van der Waals surface area contributed by atoms with Gasteiger partial charge in [0.15, 0.2) is 0 Å². The molecule has 4 heteroatoms. The van der Waals surface area contributed by atoms with Crippen LogP contribution in [0.5, 0.6) is 0 Å². The minimum atomic E-state index is -0.309. The summed E-state index contributed by atoms with van der Waals surface area (Å²) in [6, 6.07) is 6.12. The van der Waals surface area contributed by atoms with E-state index < -0.39 is 0 Å². The third-order valence-electron chi connectivity index (χ3n) is 2.69. The van der Waals surface area contributed by atoms with Crippen LogP contribution in [0.15, 0.2) is 24.3 Å². The highest BCUT2D eigenvalue weighted by atomic mass is 19.1. The van der Waals surface area contributed by atoms with Gasteiger partial charge in [0.05, 0.1) is 13.0 Å². The Morgan fingerprint density at radius 3 is 3.06 bits per heavy atom. The maximum absolute atomic E-state index is 12.9. The Morgan fingerprint density at radius 2 is 2.44 bits per heavy atom. The van der Waals surface area contributed by atoms with E-state index >= 15 is 0 Å². The van der Waals surface area contributed by atoms with Crippen LogP contribution in [0.3, 0.4) is 0 Å². The second kappa shape index (κ2) is 4.61. The predicted molar refractivity (Wildman–Crippen MR) is 57.2 cm³/mol. The standard InChI is InChI=1S/C12H14FNO2/c1-9-14(5-6-16-9)12(15)8-10-3-2-4-11(13)7-10/h2-4,7,9H,5-6,8H2,1H3. The minimum Gasteiger partial charge on any atom is -0.357 e. The largest absolute Gasteiger partial charge is 0.357 e. The zero-order valence-corrected chi connectivity index (χ0v) is 9.15. The number of benzene rings is 1. The van der Waals surface area contributed by atoms with Crippen LogP contribution < -0.4 is 0 Å². The Morgan fingerprint density at radius 1 is 1.62 bits per heavy atom. The molecule has 0 spiro atoms. The Bertz CT molecular complexity index is 394. The van der Waals surface area contributed by atoms with Gasteiger partial charge in [0.1, 0.15) is 12.0 Å². The van der Waals surface area contributed by atoms with Crippen molar-refractivity contribution in [3.05, 3.63) is 35.6 Å². The monoisotopic (exact) mass is 223 g/mol. The summed E-state index contributed by atoms with van der Waals surface area (Å²) >= 11 is 0. The van der Waals surface area contributed by atoms with E-state index in [-0.39, 0.29) is 24.4 Å². The second-order valence-electron chi connectivity index (χ2n) is 3.86. The molecule has 0 bridgehead atoms. The van der Waals surface area contributed by atoms with Crippen molar-refractivity contribution >= 4 is 5.91 Å². The molecule has 0 radical (unpaired) electrons. The molecule has 1 aromatic rings. The molecule has 16 heavy (non-hydrogen) atoms. The number of rotatable bonds is 2. The topological polar surface area (TPSA) is 29.5 Å². The fraction of sp³-hybridized carbons (Fsp3) is 0.417. The molecule has 1 aromatic carbocycles. The van der Waals surface area contributed by atoms with Gasteiger partial charge in [-0.25, -0.2) is 4.39 Å². The first kappa shape index (κ1) is 11.1. The maximum atomic E-state index is 12.9. The number of hydrogen-bond acceptors (Lipinski definition) is 2. The van der Waals surface area contributed by atoms with Gasteiger partial charge in [0.2, 0.25) is 5.91 Å². The van der Waals surface area contributed by atoms with Crippen molar-refractivity contribution in [3.8, 4) is 0 Å². The van der Waals surface area contributed by atoms with Crippen LogP contribution in [0.2, 0.25) is 0 Å². The molecule has 3 nitrogen and oxygen atoms in total. The van der Waals surface area contributed by atoms with E-state index in [1.807, 2.05) is 6.92 Å². The summed E-state index contributed by atoms with van der Waals surface area (Å²) in [5.74, 6) is -0.327. The van der Waals surface area contributed by atoms with Crippen molar-refractivity contribution in [2.45, 2.75) is 19.6 Å². The van der Waals surface area contributed by atoms with Gasteiger partial charge in [-0.2, -0.15) is 0 Å². The van der Waals surface area contributed by atoms with Crippen molar-refractivity contribution in [1.82, 2.24) is 4.90 Å². The summed E-state index contributed by atoms with van der Waals surface area (Å²) in [5.41, 5.74) is 0.698. The van der Waals surface area contributed by atoms with Crippen molar-refractivity contribution in [1.29, 1.82) is 0 Å². The molecule has 86 valence electrons. The molecule has 1 fully saturated rings. The Balaban J connectivity index is 2.02. The number of carbonyl (C=O) groups is 1. The van der Waals surface area contributed by atoms with Gasteiger partial charge in [0.25, 0.3) is 0 Å². The number of ether oxygens (including phenoxy) is 1. The molecule has 0 aromatic heterocycles. The Kier molecular flexibility index (Phi) is 3.19. The van der Waals surface area contributed by atoms with Crippen molar-refractivity contribution < 1.29 is 13.9 Å². The fourth-order valence-corrected chi connectivity index (χ4v) is 1.84. The lowest BCUT2D eigenvalue weighted by atomic mass is 10.1. The van der Waals surface area contributed by atoms with E-state index in [1.54, 1.807) is 17.0 Å². The molecule has 0 N–H and O–H groups in total. The number of amides is 1. The normalized spacial score (nSPS) is 20.1. The molecule has 1 heterocycles. The van der Waals surface area contributed by atoms with E-state index in [0.29, 0.717) is 18.7 Å². The van der Waals surface area contributed by atoms with Crippen LogP contribution in [-0.4, -0.2) is 30.2 Å². The lowest BCUT2D eigenvalue weighted by molar-refractivity contribution is -0.134. The van der Waals surface area contributed by atoms with E-state index in [2.05, 4.69) is 0 Å². The van der Waals surface area contributed by atoms with E-state index in [1.165, 1.54) is 12.1 Å². The first-order valence-corrected chi connectivity index (χ1v) is 5.32. The summed E-state index contributed by atoms with van der Waals surface area (Å²) in [7, 11) is 0. The third kappa shape index (κ3) is 2.39. The van der Waals surface area contributed by atoms with Gasteiger partial charge < -0.3 is 9.64 Å². The molecule has 1 aliphatic rings. The van der Waals surface area contributed by atoms with Crippen LogP contribution in [0.1, 0.15) is 12.5 Å². The highest BCUT2D eigenvalue weighted by Gasteiger charge is 2.25. The quantitative estimate of drug-likeness (QED) is 0.761. The molecule has 1 unspecified atom stereocenters. The number of nitrogens with zero attached hydrogens (tertiary/aromatic N) is 1. The van der Waals surface area contributed by atoms with Gasteiger partial charge in [-0.05, 0) is 24.6 Å². The Hall–Kier alpha value is -1.42. The van der Waals surface area contributed by atoms with Crippen LogP contribution in [0.25, 0.3) is 0 Å². The van der Waals surface area contributed by atoms with Crippen molar-refractivity contribution in [3.63, 3.8) is 0 Å². The lowest BCUT2D eigenvalue weighted by Gasteiger charge is -2.19. The van der Waals surface area contributed by atoms with E-state index in [0.717, 1.165) is 0 Å². The average Bonchev–Trinajstić information content (AvgIpc) is 2.64. The molecule has 1 aliphatic heterocycles. The van der Waals surface area contributed by atoms with Crippen LogP contribution in [0, 0.1) is 5.82 Å². The molecule has 1 amide bonds. The third-order valence-corrected chi connectivity index (χ3v) is 2.69. The first-order valence-electron chi connectivity index (χ1n) is 5.32. The minimum absolute atomic E-state index is 0.0180. The van der Waals surface area contributed by atoms with Gasteiger partial charge >= 0.3 is 0 Å². The molecule has 1 atom stereocenters. The molecule has 2 rings (SSSR count). The fourth-order valence-electron chi connectivity index (χ4n) is 1.84. The number of halogens is 1. The van der Waals surface area contributed by atoms with Crippen LogP contribution in [0.4, 0.5) is 4.39 Å². The molecular formula is C12H14FNO2. The molecule has 0 saturated carbocycles. The molecule has 1 saturated heterocycles. The van der Waals surface area contributed by atoms with Crippen molar-refractivity contribution in [2.75, 3.05) is 13.2 Å². The second-order valence-corrected chi connectivity index (χ2v) is 3.86. The zero-order chi connectivity index (χ0) is 11.5. The van der Waals surface area contributed by atoms with E-state index in [4.69, 9.17) is 4.74 Å². The summed E-state index contributed by atoms with van der Waals surface area (Å²) < 4.78 is 18.2. The smallest absolute Gasteiger partial charge is 0.229 e. The molecule has 0 aliphatic carbocycles. The van der Waals surface area contributed by atoms with Crippen LogP contribution >= 0.6 is 0 Å². The van der Waals surface area contributed by atoms with Crippen LogP contribution in [-0.2, 0) is 16.0 Å². The number of carbonyl (C=O) groups excluding carboxylic acids is 1. The highest BCUT2D eigenvalue weighted by molar-refractivity contribution is 5.79. The maximum Gasteiger partial charge on any atom is 0.229 e. The number of hydrogen-bond donors (Lipinski definition) is 0. The van der Waals surface area contributed by atoms with Crippen molar-refractivity contribution in [2.24, 2.45) is 0 Å². The van der Waals surface area contributed by atoms with Gasteiger partial charge in [-0.15, -0.1) is 0 Å². The summed E-state index contributed by atoms with van der Waals surface area (Å²) in [6.07, 6.45) is 0.0620. The van der Waals surface area contributed by atoms with E-state index in [9.17, 15) is 9.18 Å². The lowest BCUT2D eigenvalue weighted by Crippen LogP contribution is -2.35.